The first-order chi connectivity index (χ1) is 9.90. The molecule has 1 aromatic carbocycles. The summed E-state index contributed by atoms with van der Waals surface area (Å²) >= 11 is 0. The van der Waals surface area contributed by atoms with Crippen LogP contribution in [0.25, 0.3) is 0 Å². The number of hydrogen-bond acceptors (Lipinski definition) is 3. The number of carbonyl (C=O) groups is 2. The Morgan fingerprint density at radius 3 is 2.52 bits per heavy atom. The molecule has 0 spiro atoms. The summed E-state index contributed by atoms with van der Waals surface area (Å²) in [4.78, 5) is 26.1. The number of nitrogens with one attached hydrogen (secondary N) is 1. The lowest BCUT2D eigenvalue weighted by Gasteiger charge is -2.20. The molecule has 114 valence electrons. The van der Waals surface area contributed by atoms with Crippen LogP contribution < -0.4 is 16.0 Å². The monoisotopic (exact) mass is 289 g/mol. The quantitative estimate of drug-likeness (QED) is 0.874. The Morgan fingerprint density at radius 2 is 1.95 bits per heavy atom. The van der Waals surface area contributed by atoms with Crippen molar-refractivity contribution in [2.24, 2.45) is 11.7 Å². The fourth-order valence-corrected chi connectivity index (χ4v) is 2.37. The Labute approximate surface area is 125 Å². The van der Waals surface area contributed by atoms with Crippen molar-refractivity contribution in [1.29, 1.82) is 0 Å². The zero-order valence-corrected chi connectivity index (χ0v) is 12.8. The molecule has 1 heterocycles. The predicted octanol–water partition coefficient (Wildman–Crippen LogP) is 1.20. The topological polar surface area (TPSA) is 75.4 Å². The van der Waals surface area contributed by atoms with E-state index in [9.17, 15) is 9.59 Å². The van der Waals surface area contributed by atoms with E-state index in [4.69, 9.17) is 5.73 Å². The second-order valence-electron chi connectivity index (χ2n) is 5.95. The molecule has 2 rings (SSSR count). The van der Waals surface area contributed by atoms with E-state index in [-0.39, 0.29) is 17.7 Å². The number of amides is 2. The summed E-state index contributed by atoms with van der Waals surface area (Å²) in [5.74, 6) is -0.271. The number of benzene rings is 1. The lowest BCUT2D eigenvalue weighted by atomic mass is 10.0. The molecule has 0 saturated carbocycles. The molecule has 2 atom stereocenters. The Bertz CT molecular complexity index is 525. The van der Waals surface area contributed by atoms with Gasteiger partial charge >= 0.3 is 0 Å². The van der Waals surface area contributed by atoms with Crippen LogP contribution in [0, 0.1) is 12.8 Å². The van der Waals surface area contributed by atoms with E-state index in [1.807, 2.05) is 45.0 Å². The highest BCUT2D eigenvalue weighted by Crippen LogP contribution is 2.22. The maximum Gasteiger partial charge on any atom is 0.249 e. The Kier molecular flexibility index (Phi) is 4.63. The lowest BCUT2D eigenvalue weighted by Crippen LogP contribution is -2.50. The van der Waals surface area contributed by atoms with Crippen LogP contribution in [0.15, 0.2) is 24.3 Å². The van der Waals surface area contributed by atoms with Gasteiger partial charge in [0.05, 0.1) is 6.04 Å². The predicted molar refractivity (Wildman–Crippen MR) is 82.9 cm³/mol. The van der Waals surface area contributed by atoms with Gasteiger partial charge in [0, 0.05) is 12.2 Å². The van der Waals surface area contributed by atoms with E-state index < -0.39 is 12.1 Å². The number of aryl methyl sites for hydroxylation is 1. The number of nitrogens with zero attached hydrogens (tertiary/aromatic N) is 1. The van der Waals surface area contributed by atoms with Crippen molar-refractivity contribution in [3.8, 4) is 0 Å². The van der Waals surface area contributed by atoms with Crippen molar-refractivity contribution in [1.82, 2.24) is 5.32 Å². The van der Waals surface area contributed by atoms with Crippen LogP contribution >= 0.6 is 0 Å². The molecular weight excluding hydrogens is 266 g/mol. The van der Waals surface area contributed by atoms with Crippen molar-refractivity contribution in [2.45, 2.75) is 39.3 Å². The van der Waals surface area contributed by atoms with Crippen LogP contribution in [0.3, 0.4) is 0 Å². The van der Waals surface area contributed by atoms with E-state index in [2.05, 4.69) is 5.32 Å². The zero-order valence-electron chi connectivity index (χ0n) is 12.8. The molecule has 1 aliphatic heterocycles. The fourth-order valence-electron chi connectivity index (χ4n) is 2.37. The molecule has 0 bridgehead atoms. The minimum Gasteiger partial charge on any atom is -0.343 e. The third kappa shape index (κ3) is 3.42. The summed E-state index contributed by atoms with van der Waals surface area (Å²) in [6.07, 6.45) is 0.614. The molecule has 1 fully saturated rings. The van der Waals surface area contributed by atoms with E-state index in [1.54, 1.807) is 4.90 Å². The Hall–Kier alpha value is -1.88. The van der Waals surface area contributed by atoms with Crippen molar-refractivity contribution < 1.29 is 9.59 Å². The number of rotatable bonds is 4. The maximum atomic E-state index is 12.4. The molecule has 0 aliphatic carbocycles. The molecule has 1 saturated heterocycles. The van der Waals surface area contributed by atoms with Gasteiger partial charge in [0.2, 0.25) is 11.8 Å². The molecule has 5 nitrogen and oxygen atoms in total. The van der Waals surface area contributed by atoms with E-state index >= 15 is 0 Å². The molecule has 1 aromatic rings. The highest BCUT2D eigenvalue weighted by Gasteiger charge is 2.34. The maximum absolute atomic E-state index is 12.4. The molecule has 0 aromatic heterocycles. The number of hydrogen-bond donors (Lipinski definition) is 2. The van der Waals surface area contributed by atoms with Crippen LogP contribution in [-0.2, 0) is 9.59 Å². The van der Waals surface area contributed by atoms with Crippen molar-refractivity contribution in [2.75, 3.05) is 11.4 Å². The molecule has 0 radical (unpaired) electrons. The van der Waals surface area contributed by atoms with Crippen LogP contribution in [0.2, 0.25) is 0 Å². The van der Waals surface area contributed by atoms with Crippen LogP contribution in [0.4, 0.5) is 5.69 Å². The molecular formula is C16H23N3O2. The first-order valence-electron chi connectivity index (χ1n) is 7.34. The summed E-state index contributed by atoms with van der Waals surface area (Å²) in [5.41, 5.74) is 7.83. The smallest absolute Gasteiger partial charge is 0.249 e. The fraction of sp³-hybridized carbons (Fsp3) is 0.500. The largest absolute Gasteiger partial charge is 0.343 e. The standard InChI is InChI=1S/C16H23N3O2/c1-10(2)14(17)15(20)18-13-8-9-19(16(13)21)12-6-4-11(3)5-7-12/h4-7,10,13-14H,8-9,17H2,1-3H3,(H,18,20)/t13?,14-/m0/s1. The zero-order chi connectivity index (χ0) is 15.6. The number of anilines is 1. The first kappa shape index (κ1) is 15.5. The minimum absolute atomic E-state index is 0.0507. The van der Waals surface area contributed by atoms with Gasteiger partial charge in [0.15, 0.2) is 0 Å². The first-order valence-corrected chi connectivity index (χ1v) is 7.34. The third-order valence-electron chi connectivity index (χ3n) is 3.89. The van der Waals surface area contributed by atoms with Gasteiger partial charge in [-0.3, -0.25) is 9.59 Å². The molecule has 1 aliphatic rings. The lowest BCUT2D eigenvalue weighted by molar-refractivity contribution is -0.127. The molecule has 3 N–H and O–H groups in total. The summed E-state index contributed by atoms with van der Waals surface area (Å²) in [7, 11) is 0. The van der Waals surface area contributed by atoms with E-state index in [0.717, 1.165) is 11.3 Å². The van der Waals surface area contributed by atoms with Crippen molar-refractivity contribution >= 4 is 17.5 Å². The van der Waals surface area contributed by atoms with Gasteiger partial charge < -0.3 is 16.0 Å². The number of nitrogens with two attached hydrogens (primary N) is 1. The van der Waals surface area contributed by atoms with Gasteiger partial charge in [0.1, 0.15) is 6.04 Å². The summed E-state index contributed by atoms with van der Waals surface area (Å²) < 4.78 is 0. The van der Waals surface area contributed by atoms with Crippen molar-refractivity contribution in [3.05, 3.63) is 29.8 Å². The molecule has 2 amide bonds. The number of carbonyl (C=O) groups excluding carboxylic acids is 2. The molecule has 5 heteroatoms. The molecule has 21 heavy (non-hydrogen) atoms. The highest BCUT2D eigenvalue weighted by atomic mass is 16.2. The van der Waals surface area contributed by atoms with E-state index in [0.29, 0.717) is 13.0 Å². The average Bonchev–Trinajstić information content (AvgIpc) is 2.80. The van der Waals surface area contributed by atoms with Gasteiger partial charge in [-0.15, -0.1) is 0 Å². The SMILES string of the molecule is Cc1ccc(N2CCC(NC(=O)[C@@H](N)C(C)C)C2=O)cc1. The van der Waals surface area contributed by atoms with Gasteiger partial charge in [-0.25, -0.2) is 0 Å². The summed E-state index contributed by atoms with van der Waals surface area (Å²) in [6, 6.07) is 6.76. The van der Waals surface area contributed by atoms with Gasteiger partial charge in [-0.05, 0) is 31.4 Å². The van der Waals surface area contributed by atoms with Crippen LogP contribution in [0.5, 0.6) is 0 Å². The van der Waals surface area contributed by atoms with E-state index in [1.165, 1.54) is 0 Å². The van der Waals surface area contributed by atoms with Crippen LogP contribution in [0.1, 0.15) is 25.8 Å². The van der Waals surface area contributed by atoms with Gasteiger partial charge in [-0.2, -0.15) is 0 Å². The average molecular weight is 289 g/mol. The summed E-state index contributed by atoms with van der Waals surface area (Å²) in [5, 5.41) is 2.77. The van der Waals surface area contributed by atoms with Gasteiger partial charge in [0.25, 0.3) is 0 Å². The highest BCUT2D eigenvalue weighted by molar-refractivity contribution is 6.01. The van der Waals surface area contributed by atoms with Gasteiger partial charge in [-0.1, -0.05) is 31.5 Å². The molecule has 1 unspecified atom stereocenters. The second kappa shape index (κ2) is 6.26. The second-order valence-corrected chi connectivity index (χ2v) is 5.95. The normalized spacial score (nSPS) is 20.0. The summed E-state index contributed by atoms with van der Waals surface area (Å²) in [6.45, 7) is 6.40. The third-order valence-corrected chi connectivity index (χ3v) is 3.89. The van der Waals surface area contributed by atoms with Crippen molar-refractivity contribution in [3.63, 3.8) is 0 Å². The van der Waals surface area contributed by atoms with Crippen LogP contribution in [-0.4, -0.2) is 30.4 Å². The minimum atomic E-state index is -0.578. The Balaban J connectivity index is 2.01. The Morgan fingerprint density at radius 1 is 1.33 bits per heavy atom.